The second-order valence-electron chi connectivity index (χ2n) is 4.08. The van der Waals surface area contributed by atoms with E-state index < -0.39 is 25.5 Å². The maximum absolute atomic E-state index is 12.4. The number of hydrogen-bond acceptors (Lipinski definition) is 4. The topological polar surface area (TPSA) is 95.2 Å². The maximum atomic E-state index is 12.4. The molecule has 0 saturated carbocycles. The van der Waals surface area contributed by atoms with E-state index in [9.17, 15) is 13.6 Å². The number of hydrogen-bond donors (Lipinski definition) is 3. The molecule has 8 heteroatoms. The Hall–Kier alpha value is -1.70. The molecule has 0 radical (unpaired) electrons. The molecular weight excluding hydrogens is 258 g/mol. The molecule has 0 fully saturated rings. The minimum Gasteiger partial charge on any atom is -0.395 e. The van der Waals surface area contributed by atoms with Crippen molar-refractivity contribution in [3.05, 3.63) is 11.4 Å². The Morgan fingerprint density at radius 2 is 2.26 bits per heavy atom. The van der Waals surface area contributed by atoms with Crippen LogP contribution in [-0.2, 0) is 6.42 Å². The molecule has 1 aromatic heterocycles. The van der Waals surface area contributed by atoms with Gasteiger partial charge in [-0.1, -0.05) is 13.3 Å². The van der Waals surface area contributed by atoms with Crippen molar-refractivity contribution in [2.45, 2.75) is 26.2 Å². The van der Waals surface area contributed by atoms with Crippen molar-refractivity contribution in [3.63, 3.8) is 0 Å². The fourth-order valence-corrected chi connectivity index (χ4v) is 1.70. The highest BCUT2D eigenvalue weighted by Crippen LogP contribution is 2.17. The zero-order valence-corrected chi connectivity index (χ0v) is 10.7. The number of aromatic nitrogens is 2. The Morgan fingerprint density at radius 3 is 2.79 bits per heavy atom. The average molecular weight is 276 g/mol. The summed E-state index contributed by atoms with van der Waals surface area (Å²) in [5.41, 5.74) is 6.49. The molecule has 1 rings (SSSR count). The number of H-pyrrole nitrogens is 1. The van der Waals surface area contributed by atoms with Crippen LogP contribution >= 0.6 is 0 Å². The Morgan fingerprint density at radius 1 is 1.58 bits per heavy atom. The van der Waals surface area contributed by atoms with Crippen molar-refractivity contribution in [2.24, 2.45) is 0 Å². The lowest BCUT2D eigenvalue weighted by atomic mass is 10.2. The number of rotatable bonds is 7. The molecule has 0 aliphatic carbocycles. The standard InChI is InChI=1S/C11H18F2N4O2/c1-2-3-7-9(14)10(16-15-7)11(19)17(4-5-18)6-8(12)13/h8,18H,2-6,14H2,1H3,(H,15,16). The molecule has 108 valence electrons. The summed E-state index contributed by atoms with van der Waals surface area (Å²) in [6.45, 7) is 0.606. The van der Waals surface area contributed by atoms with Gasteiger partial charge in [0.2, 0.25) is 0 Å². The quantitative estimate of drug-likeness (QED) is 0.681. The van der Waals surface area contributed by atoms with Crippen LogP contribution in [0.3, 0.4) is 0 Å². The largest absolute Gasteiger partial charge is 0.395 e. The number of alkyl halides is 2. The summed E-state index contributed by atoms with van der Waals surface area (Å²) in [6.07, 6.45) is -1.23. The van der Waals surface area contributed by atoms with Gasteiger partial charge in [-0.3, -0.25) is 9.89 Å². The van der Waals surface area contributed by atoms with E-state index in [1.807, 2.05) is 6.92 Å². The number of carbonyl (C=O) groups excluding carboxylic acids is 1. The van der Waals surface area contributed by atoms with Crippen molar-refractivity contribution < 1.29 is 18.7 Å². The molecule has 0 unspecified atom stereocenters. The van der Waals surface area contributed by atoms with E-state index in [4.69, 9.17) is 10.8 Å². The maximum Gasteiger partial charge on any atom is 0.276 e. The van der Waals surface area contributed by atoms with Crippen molar-refractivity contribution >= 4 is 11.6 Å². The van der Waals surface area contributed by atoms with Crippen molar-refractivity contribution in [2.75, 3.05) is 25.4 Å². The van der Waals surface area contributed by atoms with E-state index in [0.29, 0.717) is 12.1 Å². The summed E-state index contributed by atoms with van der Waals surface area (Å²) in [4.78, 5) is 12.9. The molecule has 0 saturated heterocycles. The second kappa shape index (κ2) is 7.03. The third kappa shape index (κ3) is 3.88. The van der Waals surface area contributed by atoms with Gasteiger partial charge in [-0.15, -0.1) is 0 Å². The lowest BCUT2D eigenvalue weighted by Gasteiger charge is -2.20. The Kier molecular flexibility index (Phi) is 5.68. The molecule has 1 heterocycles. The highest BCUT2D eigenvalue weighted by molar-refractivity contribution is 5.97. The van der Waals surface area contributed by atoms with Crippen LogP contribution in [-0.4, -0.2) is 52.2 Å². The predicted octanol–water partition coefficient (Wildman–Crippen LogP) is 0.644. The zero-order valence-electron chi connectivity index (χ0n) is 10.7. The average Bonchev–Trinajstić information content (AvgIpc) is 2.70. The van der Waals surface area contributed by atoms with Crippen molar-refractivity contribution in [1.82, 2.24) is 15.1 Å². The number of halogens is 2. The number of aliphatic hydroxyl groups excluding tert-OH is 1. The number of carbonyl (C=O) groups is 1. The highest BCUT2D eigenvalue weighted by atomic mass is 19.3. The minimum atomic E-state index is -2.68. The Bertz CT molecular complexity index is 423. The number of anilines is 1. The van der Waals surface area contributed by atoms with Crippen LogP contribution in [0.1, 0.15) is 29.5 Å². The predicted molar refractivity (Wildman–Crippen MR) is 66.0 cm³/mol. The Labute approximate surface area is 109 Å². The summed E-state index contributed by atoms with van der Waals surface area (Å²) in [6, 6.07) is 0. The van der Waals surface area contributed by atoms with E-state index in [-0.39, 0.29) is 17.9 Å². The van der Waals surface area contributed by atoms with Crippen LogP contribution in [0.2, 0.25) is 0 Å². The minimum absolute atomic E-state index is 0.0717. The molecule has 0 atom stereocenters. The third-order valence-electron chi connectivity index (χ3n) is 2.60. The van der Waals surface area contributed by atoms with Crippen LogP contribution in [0, 0.1) is 0 Å². The van der Waals surface area contributed by atoms with Gasteiger partial charge in [-0.05, 0) is 6.42 Å². The number of aromatic amines is 1. The molecule has 0 aromatic carbocycles. The number of nitrogen functional groups attached to an aromatic ring is 1. The molecule has 19 heavy (non-hydrogen) atoms. The van der Waals surface area contributed by atoms with E-state index in [1.165, 1.54) is 0 Å². The molecule has 4 N–H and O–H groups in total. The fourth-order valence-electron chi connectivity index (χ4n) is 1.70. The van der Waals surface area contributed by atoms with E-state index in [0.717, 1.165) is 11.3 Å². The summed E-state index contributed by atoms with van der Waals surface area (Å²) in [7, 11) is 0. The smallest absolute Gasteiger partial charge is 0.276 e. The first-order valence-electron chi connectivity index (χ1n) is 6.02. The second-order valence-corrected chi connectivity index (χ2v) is 4.08. The van der Waals surface area contributed by atoms with Crippen molar-refractivity contribution in [3.8, 4) is 0 Å². The molecule has 1 amide bonds. The number of nitrogens with two attached hydrogens (primary N) is 1. The van der Waals surface area contributed by atoms with Gasteiger partial charge in [0.15, 0.2) is 5.69 Å². The van der Waals surface area contributed by atoms with Crippen LogP contribution in [0.4, 0.5) is 14.5 Å². The molecule has 6 nitrogen and oxygen atoms in total. The molecule has 0 spiro atoms. The van der Waals surface area contributed by atoms with E-state index >= 15 is 0 Å². The molecule has 0 aliphatic heterocycles. The van der Waals surface area contributed by atoms with Gasteiger partial charge in [0.05, 0.1) is 24.5 Å². The summed E-state index contributed by atoms with van der Waals surface area (Å²) < 4.78 is 24.8. The van der Waals surface area contributed by atoms with Gasteiger partial charge < -0.3 is 15.7 Å². The highest BCUT2D eigenvalue weighted by Gasteiger charge is 2.24. The van der Waals surface area contributed by atoms with E-state index in [2.05, 4.69) is 10.2 Å². The van der Waals surface area contributed by atoms with Gasteiger partial charge in [0.1, 0.15) is 0 Å². The summed E-state index contributed by atoms with van der Waals surface area (Å²) in [5, 5.41) is 15.2. The van der Waals surface area contributed by atoms with Crippen LogP contribution in [0.25, 0.3) is 0 Å². The third-order valence-corrected chi connectivity index (χ3v) is 2.60. The van der Waals surface area contributed by atoms with Gasteiger partial charge >= 0.3 is 0 Å². The molecular formula is C11H18F2N4O2. The number of aryl methyl sites for hydroxylation is 1. The van der Waals surface area contributed by atoms with E-state index in [1.54, 1.807) is 0 Å². The number of amides is 1. The lowest BCUT2D eigenvalue weighted by Crippen LogP contribution is -2.37. The van der Waals surface area contributed by atoms with Crippen LogP contribution < -0.4 is 5.73 Å². The summed E-state index contributed by atoms with van der Waals surface area (Å²) >= 11 is 0. The molecule has 0 aliphatic rings. The number of nitrogens with zero attached hydrogens (tertiary/aromatic N) is 2. The van der Waals surface area contributed by atoms with Crippen LogP contribution in [0.15, 0.2) is 0 Å². The SMILES string of the molecule is CCCc1[nH]nc(C(=O)N(CCO)CC(F)F)c1N. The molecule has 1 aromatic rings. The lowest BCUT2D eigenvalue weighted by molar-refractivity contribution is 0.0505. The van der Waals surface area contributed by atoms with Gasteiger partial charge in [-0.2, -0.15) is 5.10 Å². The first-order chi connectivity index (χ1) is 9.01. The van der Waals surface area contributed by atoms with Gasteiger partial charge in [0, 0.05) is 6.54 Å². The normalized spacial score (nSPS) is 11.0. The number of aliphatic hydroxyl groups is 1. The van der Waals surface area contributed by atoms with Gasteiger partial charge in [-0.25, -0.2) is 8.78 Å². The first kappa shape index (κ1) is 15.4. The number of nitrogens with one attached hydrogen (secondary N) is 1. The van der Waals surface area contributed by atoms with Gasteiger partial charge in [0.25, 0.3) is 12.3 Å². The van der Waals surface area contributed by atoms with Crippen LogP contribution in [0.5, 0.6) is 0 Å². The molecule has 0 bridgehead atoms. The Balaban J connectivity index is 2.89. The summed E-state index contributed by atoms with van der Waals surface area (Å²) in [5.74, 6) is -0.703. The van der Waals surface area contributed by atoms with Crippen molar-refractivity contribution in [1.29, 1.82) is 0 Å². The first-order valence-corrected chi connectivity index (χ1v) is 6.02. The fraction of sp³-hybridized carbons (Fsp3) is 0.636. The zero-order chi connectivity index (χ0) is 14.4. The monoisotopic (exact) mass is 276 g/mol.